The van der Waals surface area contributed by atoms with Crippen LogP contribution in [-0.2, 0) is 0 Å². The minimum Gasteiger partial charge on any atom is -0.296 e. The topological polar surface area (TPSA) is 35.8 Å². The van der Waals surface area contributed by atoms with Gasteiger partial charge in [0, 0.05) is 10.4 Å². The van der Waals surface area contributed by atoms with E-state index in [1.807, 2.05) is 0 Å². The minimum atomic E-state index is -0.125. The van der Waals surface area contributed by atoms with Crippen molar-refractivity contribution in [2.75, 3.05) is 0 Å². The highest BCUT2D eigenvalue weighted by Crippen LogP contribution is 2.17. The van der Waals surface area contributed by atoms with Gasteiger partial charge in [-0.25, -0.2) is 0 Å². The van der Waals surface area contributed by atoms with Gasteiger partial charge in [-0.05, 0) is 26.7 Å². The Morgan fingerprint density at radius 1 is 1.31 bits per heavy atom. The normalized spacial score (nSPS) is 16.8. The number of halogens is 1. The lowest BCUT2D eigenvalue weighted by Crippen LogP contribution is -2.48. The van der Waals surface area contributed by atoms with Gasteiger partial charge < -0.3 is 0 Å². The van der Waals surface area contributed by atoms with Crippen LogP contribution in [0.15, 0.2) is 0 Å². The summed E-state index contributed by atoms with van der Waals surface area (Å²) in [5.74, 6) is 0.458. The zero-order valence-corrected chi connectivity index (χ0v) is 10.6. The Kier molecular flexibility index (Phi) is 4.95. The number of hydrogen-bond donors (Lipinski definition) is 1. The van der Waals surface area contributed by atoms with E-state index in [0.29, 0.717) is 5.92 Å². The minimum absolute atomic E-state index is 0.0126. The van der Waals surface area contributed by atoms with Crippen LogP contribution in [0, 0.1) is 17.2 Å². The van der Waals surface area contributed by atoms with E-state index >= 15 is 0 Å². The fourth-order valence-corrected chi connectivity index (χ4v) is 1.28. The maximum absolute atomic E-state index is 8.97. The maximum atomic E-state index is 8.97. The van der Waals surface area contributed by atoms with Crippen LogP contribution in [0.4, 0.5) is 0 Å². The Morgan fingerprint density at radius 3 is 2.00 bits per heavy atom. The maximum Gasteiger partial charge on any atom is 0.109 e. The van der Waals surface area contributed by atoms with Crippen molar-refractivity contribution in [3.8, 4) is 6.07 Å². The van der Waals surface area contributed by atoms with E-state index in [2.05, 4.69) is 61.9 Å². The van der Waals surface area contributed by atoms with Gasteiger partial charge in [0.05, 0.1) is 6.07 Å². The van der Waals surface area contributed by atoms with Gasteiger partial charge in [-0.1, -0.05) is 29.8 Å². The number of alkyl halides is 1. The molecule has 0 aromatic carbocycles. The summed E-state index contributed by atoms with van der Waals surface area (Å²) in [6.07, 6.45) is 0. The molecule has 0 saturated carbocycles. The molecular weight excluding hydrogens is 228 g/mol. The summed E-state index contributed by atoms with van der Waals surface area (Å²) >= 11 is 3.54. The van der Waals surface area contributed by atoms with Crippen molar-refractivity contribution >= 4 is 15.9 Å². The van der Waals surface area contributed by atoms with Gasteiger partial charge in [-0.15, -0.1) is 0 Å². The molecule has 0 heterocycles. The van der Waals surface area contributed by atoms with E-state index in [9.17, 15) is 0 Å². The monoisotopic (exact) mass is 246 g/mol. The van der Waals surface area contributed by atoms with Crippen molar-refractivity contribution in [1.82, 2.24) is 5.32 Å². The molecular formula is C10H19BrN2. The van der Waals surface area contributed by atoms with E-state index in [-0.39, 0.29) is 16.4 Å². The first-order valence-electron chi connectivity index (χ1n) is 4.59. The smallest absolute Gasteiger partial charge is 0.109 e. The van der Waals surface area contributed by atoms with Gasteiger partial charge in [-0.2, -0.15) is 5.26 Å². The number of nitrogens with zero attached hydrogens (tertiary/aromatic N) is 1. The van der Waals surface area contributed by atoms with E-state index in [1.165, 1.54) is 0 Å². The lowest BCUT2D eigenvalue weighted by atomic mass is 10.0. The second-order valence-corrected chi connectivity index (χ2v) is 5.75. The number of hydrogen-bond acceptors (Lipinski definition) is 2. The summed E-state index contributed by atoms with van der Waals surface area (Å²) < 4.78 is 0. The van der Waals surface area contributed by atoms with E-state index < -0.39 is 0 Å². The van der Waals surface area contributed by atoms with E-state index in [0.717, 1.165) is 0 Å². The Hall–Kier alpha value is -0.0700. The molecule has 0 spiro atoms. The van der Waals surface area contributed by atoms with Crippen molar-refractivity contribution in [3.63, 3.8) is 0 Å². The fourth-order valence-electron chi connectivity index (χ4n) is 1.03. The second kappa shape index (κ2) is 4.97. The van der Waals surface area contributed by atoms with Crippen molar-refractivity contribution in [3.05, 3.63) is 0 Å². The average Bonchev–Trinajstić information content (AvgIpc) is 1.97. The summed E-state index contributed by atoms with van der Waals surface area (Å²) in [5, 5.41) is 12.2. The molecule has 0 radical (unpaired) electrons. The molecule has 0 fully saturated rings. The van der Waals surface area contributed by atoms with Crippen LogP contribution in [0.3, 0.4) is 0 Å². The van der Waals surface area contributed by atoms with Gasteiger partial charge in [0.1, 0.15) is 6.04 Å². The summed E-state index contributed by atoms with van der Waals surface area (Å²) in [4.78, 5) is 0.205. The molecule has 0 bridgehead atoms. The van der Waals surface area contributed by atoms with Crippen molar-refractivity contribution in [2.24, 2.45) is 5.92 Å². The molecule has 3 heteroatoms. The predicted molar refractivity (Wildman–Crippen MR) is 59.8 cm³/mol. The predicted octanol–water partition coefficient (Wildman–Crippen LogP) is 2.69. The average molecular weight is 247 g/mol. The Balaban J connectivity index is 4.29. The lowest BCUT2D eigenvalue weighted by Gasteiger charge is -2.28. The lowest BCUT2D eigenvalue weighted by molar-refractivity contribution is 0.371. The van der Waals surface area contributed by atoms with Crippen LogP contribution in [-0.4, -0.2) is 16.4 Å². The molecule has 76 valence electrons. The highest BCUT2D eigenvalue weighted by atomic mass is 79.9. The van der Waals surface area contributed by atoms with E-state index in [1.54, 1.807) is 0 Å². The van der Waals surface area contributed by atoms with Crippen LogP contribution in [0.1, 0.15) is 34.6 Å². The molecule has 0 rings (SSSR count). The molecule has 0 saturated heterocycles. The summed E-state index contributed by atoms with van der Waals surface area (Å²) in [6.45, 7) is 10.4. The van der Waals surface area contributed by atoms with Gasteiger partial charge in [-0.3, -0.25) is 5.32 Å². The first-order valence-corrected chi connectivity index (χ1v) is 5.51. The third-order valence-corrected chi connectivity index (χ3v) is 3.27. The summed E-state index contributed by atoms with van der Waals surface area (Å²) in [7, 11) is 0. The number of nitrogens with one attached hydrogen (secondary N) is 1. The highest BCUT2D eigenvalue weighted by Gasteiger charge is 2.25. The fraction of sp³-hybridized carbons (Fsp3) is 0.900. The van der Waals surface area contributed by atoms with Crippen LogP contribution in [0.2, 0.25) is 0 Å². The Bertz CT molecular complexity index is 188. The van der Waals surface area contributed by atoms with E-state index in [4.69, 9.17) is 5.26 Å². The van der Waals surface area contributed by atoms with Crippen molar-refractivity contribution in [1.29, 1.82) is 5.26 Å². The highest BCUT2D eigenvalue weighted by molar-refractivity contribution is 9.09. The molecule has 2 unspecified atom stereocenters. The Morgan fingerprint density at radius 2 is 1.77 bits per heavy atom. The van der Waals surface area contributed by atoms with Crippen molar-refractivity contribution in [2.45, 2.75) is 51.0 Å². The molecule has 0 aliphatic rings. The SMILES string of the molecule is CC(C)C(Br)C(C#N)NC(C)(C)C. The van der Waals surface area contributed by atoms with Crippen LogP contribution in [0.5, 0.6) is 0 Å². The summed E-state index contributed by atoms with van der Waals surface area (Å²) in [5.41, 5.74) is -0.0126. The first kappa shape index (κ1) is 12.9. The standard InChI is InChI=1S/C10H19BrN2/c1-7(2)9(11)8(6-12)13-10(3,4)5/h7-9,13H,1-5H3. The van der Waals surface area contributed by atoms with Gasteiger partial charge in [0.2, 0.25) is 0 Å². The molecule has 0 aromatic heterocycles. The summed E-state index contributed by atoms with van der Waals surface area (Å²) in [6, 6.07) is 2.16. The van der Waals surface area contributed by atoms with Crippen LogP contribution < -0.4 is 5.32 Å². The molecule has 0 aliphatic heterocycles. The molecule has 13 heavy (non-hydrogen) atoms. The van der Waals surface area contributed by atoms with Crippen molar-refractivity contribution < 1.29 is 0 Å². The molecule has 0 aliphatic carbocycles. The first-order chi connectivity index (χ1) is 5.78. The quantitative estimate of drug-likeness (QED) is 0.778. The Labute approximate surface area is 89.8 Å². The van der Waals surface area contributed by atoms with Gasteiger partial charge >= 0.3 is 0 Å². The third-order valence-electron chi connectivity index (χ3n) is 1.68. The van der Waals surface area contributed by atoms with Crippen LogP contribution >= 0.6 is 15.9 Å². The zero-order chi connectivity index (χ0) is 10.6. The van der Waals surface area contributed by atoms with Gasteiger partial charge in [0.15, 0.2) is 0 Å². The molecule has 1 N–H and O–H groups in total. The molecule has 0 aromatic rings. The molecule has 2 nitrogen and oxygen atoms in total. The zero-order valence-electron chi connectivity index (χ0n) is 9.06. The van der Waals surface area contributed by atoms with Crippen LogP contribution in [0.25, 0.3) is 0 Å². The second-order valence-electron chi connectivity index (χ2n) is 4.69. The third kappa shape index (κ3) is 5.28. The number of nitriles is 1. The largest absolute Gasteiger partial charge is 0.296 e. The molecule has 0 amide bonds. The number of rotatable bonds is 3. The molecule has 2 atom stereocenters. The van der Waals surface area contributed by atoms with Gasteiger partial charge in [0.25, 0.3) is 0 Å².